The van der Waals surface area contributed by atoms with E-state index in [-0.39, 0.29) is 39.7 Å². The first-order chi connectivity index (χ1) is 14.2. The monoisotopic (exact) mass is 480 g/mol. The van der Waals surface area contributed by atoms with Crippen LogP contribution in [0.15, 0.2) is 27.8 Å². The van der Waals surface area contributed by atoms with Crippen molar-refractivity contribution in [2.75, 3.05) is 0 Å². The number of carbonyl (C=O) groups is 2. The molecule has 0 fully saturated rings. The standard InChI is InChI=1S/C19H17Cl2F3N2O5/c1-4-18(5-2,16(21)30)11-7-9(6-10(14(11)20)15(28)29)26-13(27)8-12(19(22,23)24)25(3)17(26)31/h6-8H,4-5H2,1-3H3,(H,28,29). The zero-order valence-corrected chi connectivity index (χ0v) is 18.0. The number of halogens is 5. The lowest BCUT2D eigenvalue weighted by Gasteiger charge is -2.30. The van der Waals surface area contributed by atoms with Gasteiger partial charge in [0.25, 0.3) is 5.56 Å². The number of benzene rings is 1. The lowest BCUT2D eigenvalue weighted by molar-refractivity contribution is -0.144. The van der Waals surface area contributed by atoms with Crippen LogP contribution in [0.5, 0.6) is 0 Å². The van der Waals surface area contributed by atoms with Gasteiger partial charge in [0.1, 0.15) is 5.69 Å². The topological polar surface area (TPSA) is 98.4 Å². The third-order valence-electron chi connectivity index (χ3n) is 5.26. The number of aromatic carboxylic acids is 1. The summed E-state index contributed by atoms with van der Waals surface area (Å²) in [6, 6.07) is 2.22. The van der Waals surface area contributed by atoms with Crippen molar-refractivity contribution < 1.29 is 27.9 Å². The molecule has 7 nitrogen and oxygen atoms in total. The van der Waals surface area contributed by atoms with Gasteiger partial charge in [-0.25, -0.2) is 14.2 Å². The molecule has 0 aliphatic carbocycles. The van der Waals surface area contributed by atoms with Crippen LogP contribution in [0.1, 0.15) is 48.3 Å². The molecule has 2 aromatic rings. The Bertz CT molecular complexity index is 1180. The molecule has 1 aromatic carbocycles. The second-order valence-electron chi connectivity index (χ2n) is 6.77. The van der Waals surface area contributed by atoms with Crippen molar-refractivity contribution in [2.24, 2.45) is 7.05 Å². The van der Waals surface area contributed by atoms with Crippen LogP contribution in [0.25, 0.3) is 5.69 Å². The summed E-state index contributed by atoms with van der Waals surface area (Å²) in [5.74, 6) is -1.53. The van der Waals surface area contributed by atoms with E-state index in [1.54, 1.807) is 13.8 Å². The quantitative estimate of drug-likeness (QED) is 0.635. The predicted molar refractivity (Wildman–Crippen MR) is 107 cm³/mol. The van der Waals surface area contributed by atoms with Crippen LogP contribution in [0, 0.1) is 0 Å². The predicted octanol–water partition coefficient (Wildman–Crippen LogP) is 3.73. The van der Waals surface area contributed by atoms with Crippen LogP contribution in [-0.2, 0) is 23.4 Å². The van der Waals surface area contributed by atoms with Gasteiger partial charge < -0.3 is 5.11 Å². The molecule has 0 atom stereocenters. The minimum absolute atomic E-state index is 0.0529. The Kier molecular flexibility index (Phi) is 6.77. The minimum Gasteiger partial charge on any atom is -0.478 e. The lowest BCUT2D eigenvalue weighted by Crippen LogP contribution is -2.41. The van der Waals surface area contributed by atoms with Gasteiger partial charge in [-0.15, -0.1) is 0 Å². The zero-order valence-electron chi connectivity index (χ0n) is 16.5. The van der Waals surface area contributed by atoms with E-state index in [9.17, 15) is 37.5 Å². The largest absolute Gasteiger partial charge is 0.478 e. The Morgan fingerprint density at radius 2 is 1.65 bits per heavy atom. The third-order valence-corrected chi connectivity index (χ3v) is 6.02. The maximum atomic E-state index is 13.1. The first-order valence-corrected chi connectivity index (χ1v) is 9.66. The summed E-state index contributed by atoms with van der Waals surface area (Å²) in [6.45, 7) is 3.22. The van der Waals surface area contributed by atoms with Gasteiger partial charge in [0, 0.05) is 13.1 Å². The molecule has 0 unspecified atom stereocenters. The summed E-state index contributed by atoms with van der Waals surface area (Å²) in [6.07, 6.45) is -4.75. The fourth-order valence-electron chi connectivity index (χ4n) is 3.39. The number of nitrogens with zero attached hydrogens (tertiary/aromatic N) is 2. The summed E-state index contributed by atoms with van der Waals surface area (Å²) in [4.78, 5) is 49.0. The Morgan fingerprint density at radius 1 is 1.10 bits per heavy atom. The normalized spacial score (nSPS) is 12.1. The molecule has 0 amide bonds. The molecular formula is C19H17Cl2F3N2O5. The minimum atomic E-state index is -4.96. The number of carbonyl (C=O) groups excluding carboxylic acids is 1. The van der Waals surface area contributed by atoms with E-state index in [4.69, 9.17) is 23.2 Å². The van der Waals surface area contributed by atoms with Gasteiger partial charge in [-0.3, -0.25) is 14.2 Å². The average Bonchev–Trinajstić information content (AvgIpc) is 2.66. The first-order valence-electron chi connectivity index (χ1n) is 8.90. The van der Waals surface area contributed by atoms with Crippen LogP contribution >= 0.6 is 23.2 Å². The molecule has 0 saturated heterocycles. The van der Waals surface area contributed by atoms with Gasteiger partial charge in [0.15, 0.2) is 0 Å². The Labute approximate surface area is 183 Å². The smallest absolute Gasteiger partial charge is 0.431 e. The van der Waals surface area contributed by atoms with Crippen molar-refractivity contribution >= 4 is 34.4 Å². The molecule has 0 spiro atoms. The van der Waals surface area contributed by atoms with Crippen LogP contribution in [-0.4, -0.2) is 25.5 Å². The Balaban J connectivity index is 3.02. The van der Waals surface area contributed by atoms with Crippen molar-refractivity contribution in [1.29, 1.82) is 0 Å². The van der Waals surface area contributed by atoms with Crippen LogP contribution < -0.4 is 11.2 Å². The molecule has 1 aromatic heterocycles. The van der Waals surface area contributed by atoms with Gasteiger partial charge in [0.2, 0.25) is 5.24 Å². The third kappa shape index (κ3) is 4.14. The highest BCUT2D eigenvalue weighted by Crippen LogP contribution is 2.41. The lowest BCUT2D eigenvalue weighted by atomic mass is 9.76. The van der Waals surface area contributed by atoms with E-state index in [0.717, 1.165) is 19.2 Å². The zero-order chi connectivity index (χ0) is 23.9. The number of carboxylic acid groups (broad SMARTS) is 1. The maximum Gasteiger partial charge on any atom is 0.431 e. The number of aromatic nitrogens is 2. The number of hydrogen-bond donors (Lipinski definition) is 1. The molecule has 0 bridgehead atoms. The SMILES string of the molecule is CCC(CC)(C(=O)Cl)c1cc(-n2c(=O)cc(C(F)(F)F)n(C)c2=O)cc(C(=O)O)c1Cl. The summed E-state index contributed by atoms with van der Waals surface area (Å²) in [7, 11) is 0.820. The van der Waals surface area contributed by atoms with Crippen molar-refractivity contribution in [3.05, 3.63) is 60.9 Å². The molecule has 31 heavy (non-hydrogen) atoms. The fourth-order valence-corrected chi connectivity index (χ4v) is 4.13. The molecule has 0 radical (unpaired) electrons. The molecular weight excluding hydrogens is 464 g/mol. The van der Waals surface area contributed by atoms with Crippen molar-refractivity contribution in [2.45, 2.75) is 38.3 Å². The van der Waals surface area contributed by atoms with Gasteiger partial charge in [-0.2, -0.15) is 13.2 Å². The highest BCUT2D eigenvalue weighted by atomic mass is 35.5. The molecule has 1 heterocycles. The second kappa shape index (κ2) is 8.51. The van der Waals surface area contributed by atoms with Crippen molar-refractivity contribution in [3.8, 4) is 5.69 Å². The van der Waals surface area contributed by atoms with E-state index in [0.29, 0.717) is 4.57 Å². The number of alkyl halides is 3. The molecule has 0 saturated carbocycles. The molecule has 0 aliphatic rings. The molecule has 2 rings (SSSR count). The molecule has 0 aliphatic heterocycles. The Hall–Kier alpha value is -2.59. The Morgan fingerprint density at radius 3 is 2.06 bits per heavy atom. The molecule has 12 heteroatoms. The summed E-state index contributed by atoms with van der Waals surface area (Å²) < 4.78 is 39.9. The van der Waals surface area contributed by atoms with Gasteiger partial charge >= 0.3 is 17.8 Å². The van der Waals surface area contributed by atoms with E-state index in [1.807, 2.05) is 0 Å². The van der Waals surface area contributed by atoms with Crippen LogP contribution in [0.4, 0.5) is 13.2 Å². The van der Waals surface area contributed by atoms with Gasteiger partial charge in [-0.05, 0) is 42.1 Å². The second-order valence-corrected chi connectivity index (χ2v) is 7.49. The maximum absolute atomic E-state index is 13.1. The highest BCUT2D eigenvalue weighted by molar-refractivity contribution is 6.65. The number of carboxylic acids is 1. The summed E-state index contributed by atoms with van der Waals surface area (Å²) in [5, 5.41) is 8.36. The van der Waals surface area contributed by atoms with E-state index in [1.165, 1.54) is 0 Å². The molecule has 1 N–H and O–H groups in total. The van der Waals surface area contributed by atoms with Crippen molar-refractivity contribution in [1.82, 2.24) is 9.13 Å². The van der Waals surface area contributed by atoms with Crippen molar-refractivity contribution in [3.63, 3.8) is 0 Å². The van der Waals surface area contributed by atoms with Crippen LogP contribution in [0.2, 0.25) is 5.02 Å². The summed E-state index contributed by atoms with van der Waals surface area (Å²) in [5.41, 5.74) is -6.58. The van der Waals surface area contributed by atoms with E-state index < -0.39 is 45.3 Å². The summed E-state index contributed by atoms with van der Waals surface area (Å²) >= 11 is 12.0. The fraction of sp³-hybridized carbons (Fsp3) is 0.368. The average molecular weight is 481 g/mol. The number of hydrogen-bond acceptors (Lipinski definition) is 4. The molecule has 168 valence electrons. The highest BCUT2D eigenvalue weighted by Gasteiger charge is 2.39. The number of rotatable bonds is 6. The first kappa shape index (κ1) is 24.7. The van der Waals surface area contributed by atoms with Crippen LogP contribution in [0.3, 0.4) is 0 Å². The van der Waals surface area contributed by atoms with E-state index in [2.05, 4.69) is 0 Å². The van der Waals surface area contributed by atoms with Gasteiger partial charge in [0.05, 0.1) is 21.7 Å². The van der Waals surface area contributed by atoms with Gasteiger partial charge in [-0.1, -0.05) is 25.4 Å². The van der Waals surface area contributed by atoms with E-state index >= 15 is 0 Å².